The molecule has 0 saturated carbocycles. The first-order valence-electron chi connectivity index (χ1n) is 37.8. The predicted octanol–water partition coefficient (Wildman–Crippen LogP) is 22.5. The molecule has 12 nitrogen and oxygen atoms in total. The smallest absolute Gasteiger partial charge is 0.251 e. The number of carbonyl (C=O) groups is 2. The molecular formula is C80H130N2O10. The Morgan fingerprint density at radius 3 is 0.739 bits per heavy atom. The number of hydrogen-bond donors (Lipinski definition) is 2. The van der Waals surface area contributed by atoms with Crippen LogP contribution in [0.3, 0.4) is 0 Å². The summed E-state index contributed by atoms with van der Waals surface area (Å²) in [6, 6.07) is 19.6. The van der Waals surface area contributed by atoms with Crippen molar-refractivity contribution in [2.45, 2.75) is 298 Å². The number of ether oxygens (including phenoxy) is 8. The molecular weight excluding hydrogens is 1150 g/mol. The van der Waals surface area contributed by atoms with Crippen molar-refractivity contribution in [3.8, 4) is 46.0 Å². The lowest BCUT2D eigenvalue weighted by Gasteiger charge is -2.19. The van der Waals surface area contributed by atoms with E-state index in [1.807, 2.05) is 48.5 Å². The minimum absolute atomic E-state index is 0.157. The molecule has 0 atom stereocenters. The van der Waals surface area contributed by atoms with E-state index in [-0.39, 0.29) is 11.8 Å². The van der Waals surface area contributed by atoms with Crippen LogP contribution in [0.2, 0.25) is 0 Å². The Morgan fingerprint density at radius 2 is 0.478 bits per heavy atom. The minimum atomic E-state index is -0.157. The van der Waals surface area contributed by atoms with Crippen LogP contribution in [0.4, 0.5) is 0 Å². The van der Waals surface area contributed by atoms with Crippen molar-refractivity contribution >= 4 is 22.6 Å². The van der Waals surface area contributed by atoms with Crippen LogP contribution in [0.15, 0.2) is 60.7 Å². The molecule has 0 aliphatic heterocycles. The van der Waals surface area contributed by atoms with Gasteiger partial charge in [-0.3, -0.25) is 9.59 Å². The van der Waals surface area contributed by atoms with Crippen molar-refractivity contribution in [3.63, 3.8) is 0 Å². The van der Waals surface area contributed by atoms with Crippen LogP contribution in [0, 0.1) is 0 Å². The van der Waals surface area contributed by atoms with E-state index in [9.17, 15) is 9.59 Å². The van der Waals surface area contributed by atoms with E-state index in [2.05, 4.69) is 64.3 Å². The third-order valence-electron chi connectivity index (χ3n) is 17.1. The molecule has 0 heterocycles. The molecule has 92 heavy (non-hydrogen) atoms. The van der Waals surface area contributed by atoms with Crippen molar-refractivity contribution in [1.29, 1.82) is 0 Å². The first-order valence-corrected chi connectivity index (χ1v) is 37.8. The largest absolute Gasteiger partial charge is 0.493 e. The van der Waals surface area contributed by atoms with Crippen molar-refractivity contribution in [3.05, 3.63) is 71.8 Å². The molecule has 0 aromatic heterocycles. The number of unbranched alkanes of at least 4 members (excludes halogenated alkanes) is 32. The zero-order chi connectivity index (χ0) is 65.6. The summed E-state index contributed by atoms with van der Waals surface area (Å²) in [7, 11) is 0. The molecule has 0 saturated heterocycles. The second kappa shape index (κ2) is 53.8. The lowest BCUT2D eigenvalue weighted by Crippen LogP contribution is -2.25. The standard InChI is InChI=1S/C80H130N2O10/c1-7-13-19-25-31-39-55-87-73-63-67(64-74(88-56-40-32-26-20-14-8-2)77(73)91-61-43-35-29-23-17-11-5)79(83)81-53-37-45-59-85-71-51-47-50-70-69(71)49-48-52-72(70)86-60-46-38-54-82-80(84)68-65-75(89-57-41-33-27-21-15-9-3)78(92-62-44-36-30-24-18-12-6)76(66-68)90-58-42-34-28-22-16-10-4/h47-52,63-66H,7-46,53-62H2,1-6H3,(H,81,83)(H,82,84). The maximum absolute atomic E-state index is 13.9. The number of amides is 2. The molecule has 4 aromatic carbocycles. The van der Waals surface area contributed by atoms with Gasteiger partial charge in [-0.25, -0.2) is 0 Å². The maximum Gasteiger partial charge on any atom is 0.251 e. The van der Waals surface area contributed by atoms with Gasteiger partial charge in [0.2, 0.25) is 11.5 Å². The van der Waals surface area contributed by atoms with E-state index in [0.717, 1.165) is 125 Å². The van der Waals surface area contributed by atoms with Gasteiger partial charge in [0, 0.05) is 35.0 Å². The van der Waals surface area contributed by atoms with Gasteiger partial charge in [0.25, 0.3) is 11.8 Å². The van der Waals surface area contributed by atoms with Crippen LogP contribution in [-0.2, 0) is 0 Å². The predicted molar refractivity (Wildman–Crippen MR) is 384 cm³/mol. The maximum atomic E-state index is 13.9. The summed E-state index contributed by atoms with van der Waals surface area (Å²) < 4.78 is 51.7. The Hall–Kier alpha value is -5.52. The van der Waals surface area contributed by atoms with Gasteiger partial charge in [-0.1, -0.05) is 258 Å². The van der Waals surface area contributed by atoms with Crippen molar-refractivity contribution in [2.75, 3.05) is 65.9 Å². The first kappa shape index (κ1) is 78.9. The van der Waals surface area contributed by atoms with Gasteiger partial charge in [0.15, 0.2) is 23.0 Å². The van der Waals surface area contributed by atoms with E-state index >= 15 is 0 Å². The Balaban J connectivity index is 1.32. The number of fused-ring (bicyclic) bond motifs is 1. The van der Waals surface area contributed by atoms with Crippen LogP contribution < -0.4 is 48.5 Å². The summed E-state index contributed by atoms with van der Waals surface area (Å²) in [6.45, 7) is 18.9. The molecule has 520 valence electrons. The lowest BCUT2D eigenvalue weighted by atomic mass is 10.1. The van der Waals surface area contributed by atoms with Crippen LogP contribution in [-0.4, -0.2) is 77.8 Å². The van der Waals surface area contributed by atoms with Crippen LogP contribution in [0.5, 0.6) is 46.0 Å². The Labute approximate surface area is 560 Å². The molecule has 0 fully saturated rings. The highest BCUT2D eigenvalue weighted by Crippen LogP contribution is 2.42. The number of nitrogens with one attached hydrogen (secondary N) is 2. The van der Waals surface area contributed by atoms with Gasteiger partial charge in [-0.15, -0.1) is 0 Å². The molecule has 0 bridgehead atoms. The summed E-state index contributed by atoms with van der Waals surface area (Å²) in [5, 5.41) is 8.31. The average Bonchev–Trinajstić information content (AvgIpc) is 0.890. The molecule has 4 aromatic rings. The number of benzene rings is 4. The molecule has 0 unspecified atom stereocenters. The Morgan fingerprint density at radius 1 is 0.261 bits per heavy atom. The number of rotatable bonds is 62. The zero-order valence-corrected chi connectivity index (χ0v) is 59.2. The number of carbonyl (C=O) groups excluding carboxylic acids is 2. The Kier molecular flexibility index (Phi) is 46.2. The van der Waals surface area contributed by atoms with Gasteiger partial charge in [-0.05, 0) is 101 Å². The molecule has 0 aliphatic carbocycles. The van der Waals surface area contributed by atoms with E-state index in [0.29, 0.717) is 112 Å². The van der Waals surface area contributed by atoms with Crippen LogP contribution >= 0.6 is 0 Å². The fraction of sp³-hybridized carbons (Fsp3) is 0.700. The molecule has 4 rings (SSSR count). The van der Waals surface area contributed by atoms with E-state index in [1.54, 1.807) is 0 Å². The summed E-state index contributed by atoms with van der Waals surface area (Å²) in [5.74, 6) is 4.88. The highest BCUT2D eigenvalue weighted by Gasteiger charge is 2.22. The number of hydrogen-bond acceptors (Lipinski definition) is 10. The van der Waals surface area contributed by atoms with Gasteiger partial charge >= 0.3 is 0 Å². The fourth-order valence-corrected chi connectivity index (χ4v) is 11.4. The lowest BCUT2D eigenvalue weighted by molar-refractivity contribution is 0.0943. The van der Waals surface area contributed by atoms with E-state index in [1.165, 1.54) is 154 Å². The van der Waals surface area contributed by atoms with Crippen molar-refractivity contribution in [2.24, 2.45) is 0 Å². The highest BCUT2D eigenvalue weighted by atomic mass is 16.5. The SMILES string of the molecule is CCCCCCCCOc1cc(C(=O)NCCCCOc2cccc3c(OCCCCNC(=O)c4cc(OCCCCCCCC)c(OCCCCCCCC)c(OCCCCCCCC)c4)cccc23)cc(OCCCCCCCC)c1OCCCCCCCC. The molecule has 0 aliphatic rings. The highest BCUT2D eigenvalue weighted by molar-refractivity contribution is 5.96. The summed E-state index contributed by atoms with van der Waals surface area (Å²) >= 11 is 0. The quantitative estimate of drug-likeness (QED) is 0.0412. The summed E-state index contributed by atoms with van der Waals surface area (Å²) in [6.07, 6.45) is 45.1. The zero-order valence-electron chi connectivity index (χ0n) is 59.2. The third-order valence-corrected chi connectivity index (χ3v) is 17.1. The molecule has 0 spiro atoms. The minimum Gasteiger partial charge on any atom is -0.493 e. The molecule has 12 heteroatoms. The second-order valence-corrected chi connectivity index (χ2v) is 25.5. The topological polar surface area (TPSA) is 132 Å². The Bertz CT molecular complexity index is 2230. The van der Waals surface area contributed by atoms with E-state index < -0.39 is 0 Å². The van der Waals surface area contributed by atoms with Crippen molar-refractivity contribution in [1.82, 2.24) is 10.6 Å². The molecule has 2 amide bonds. The summed E-state index contributed by atoms with van der Waals surface area (Å²) in [4.78, 5) is 27.8. The fourth-order valence-electron chi connectivity index (χ4n) is 11.4. The first-order chi connectivity index (χ1) is 45.4. The van der Waals surface area contributed by atoms with Gasteiger partial charge < -0.3 is 48.5 Å². The van der Waals surface area contributed by atoms with Crippen LogP contribution in [0.25, 0.3) is 10.8 Å². The second-order valence-electron chi connectivity index (χ2n) is 25.5. The van der Waals surface area contributed by atoms with Crippen molar-refractivity contribution < 1.29 is 47.5 Å². The van der Waals surface area contributed by atoms with Gasteiger partial charge in [0.1, 0.15) is 11.5 Å². The normalized spacial score (nSPS) is 11.2. The van der Waals surface area contributed by atoms with E-state index in [4.69, 9.17) is 37.9 Å². The average molecular weight is 1280 g/mol. The van der Waals surface area contributed by atoms with Gasteiger partial charge in [-0.2, -0.15) is 0 Å². The third kappa shape index (κ3) is 34.6. The van der Waals surface area contributed by atoms with Crippen LogP contribution in [0.1, 0.15) is 319 Å². The molecule has 0 radical (unpaired) electrons. The van der Waals surface area contributed by atoms with Gasteiger partial charge in [0.05, 0.1) is 52.9 Å². The summed E-state index contributed by atoms with van der Waals surface area (Å²) in [5.41, 5.74) is 1.03. The molecule has 2 N–H and O–H groups in total. The monoisotopic (exact) mass is 1280 g/mol.